The number of primary amides is 1. The Balaban J connectivity index is 6.27. The fourth-order valence-corrected chi connectivity index (χ4v) is 4.61. The minimum absolute atomic E-state index is 0.00422. The van der Waals surface area contributed by atoms with Crippen LogP contribution in [-0.4, -0.2) is 136 Å². The highest BCUT2D eigenvalue weighted by Gasteiger charge is 2.35. The van der Waals surface area contributed by atoms with Gasteiger partial charge in [-0.3, -0.25) is 43.3 Å². The molecule has 0 aliphatic carbocycles. The van der Waals surface area contributed by atoms with E-state index < -0.39 is 108 Å². The number of aliphatic carboxylic acids is 1. The maximum Gasteiger partial charge on any atom is 0.325 e. The molecule has 0 aliphatic rings. The van der Waals surface area contributed by atoms with Gasteiger partial charge in [-0.05, 0) is 72.8 Å². The van der Waals surface area contributed by atoms with Gasteiger partial charge in [0.05, 0.1) is 18.2 Å². The predicted molar refractivity (Wildman–Crippen MR) is 193 cm³/mol. The molecular weight excluding hydrogens is 716 g/mol. The van der Waals surface area contributed by atoms with Crippen molar-refractivity contribution < 1.29 is 53.7 Å². The first kappa shape index (κ1) is 48.9. The summed E-state index contributed by atoms with van der Waals surface area (Å²) in [5.41, 5.74) is 27.1. The number of aliphatic hydroxyl groups excluding tert-OH is 2. The normalized spacial score (nSPS) is 15.9. The molecule has 0 spiro atoms. The van der Waals surface area contributed by atoms with E-state index in [9.17, 15) is 48.6 Å². The van der Waals surface area contributed by atoms with Gasteiger partial charge in [-0.25, -0.2) is 0 Å². The molecule has 23 heteroatoms. The molecule has 0 unspecified atom stereocenters. The fourth-order valence-electron chi connectivity index (χ4n) is 4.61. The van der Waals surface area contributed by atoms with Gasteiger partial charge in [0, 0.05) is 13.0 Å². The lowest BCUT2D eigenvalue weighted by molar-refractivity contribution is -0.142. The number of aliphatic hydroxyl groups is 2. The summed E-state index contributed by atoms with van der Waals surface area (Å²) in [4.78, 5) is 105. The Morgan fingerprint density at radius 2 is 1.02 bits per heavy atom. The van der Waals surface area contributed by atoms with E-state index in [1.54, 1.807) is 0 Å². The SMILES string of the molecule is C[C@H](N)C(=O)N[C@@H](CCCN=C(N)N)C(=O)N[C@H](C(=O)N[C@@H](CCCCN)C(=O)N[C@@H](CCC(N)=O)C(=O)N[C@H](C(=O)N[C@@H](C)C(=O)O)[C@@H](C)O)[C@@H](C)O. The lowest BCUT2D eigenvalue weighted by atomic mass is 10.0. The minimum atomic E-state index is -1.68. The van der Waals surface area contributed by atoms with Crippen molar-refractivity contribution in [3.05, 3.63) is 0 Å². The Morgan fingerprint density at radius 3 is 1.44 bits per heavy atom. The van der Waals surface area contributed by atoms with Crippen LogP contribution in [0.15, 0.2) is 4.99 Å². The van der Waals surface area contributed by atoms with Crippen LogP contribution >= 0.6 is 0 Å². The number of nitrogens with two attached hydrogens (primary N) is 5. The van der Waals surface area contributed by atoms with Crippen LogP contribution < -0.4 is 60.6 Å². The smallest absolute Gasteiger partial charge is 0.325 e. The average molecular weight is 775 g/mol. The first-order valence-corrected chi connectivity index (χ1v) is 17.3. The second-order valence-corrected chi connectivity index (χ2v) is 12.7. The molecule has 54 heavy (non-hydrogen) atoms. The average Bonchev–Trinajstić information content (AvgIpc) is 3.07. The van der Waals surface area contributed by atoms with E-state index in [4.69, 9.17) is 33.8 Å². The summed E-state index contributed by atoms with van der Waals surface area (Å²) in [7, 11) is 0. The van der Waals surface area contributed by atoms with Crippen LogP contribution in [0.3, 0.4) is 0 Å². The van der Waals surface area contributed by atoms with Crippen molar-refractivity contribution in [2.24, 2.45) is 33.7 Å². The number of carbonyl (C=O) groups is 8. The van der Waals surface area contributed by atoms with Crippen molar-refractivity contribution in [3.63, 3.8) is 0 Å². The van der Waals surface area contributed by atoms with E-state index in [2.05, 4.69) is 36.9 Å². The Hall–Kier alpha value is -5.13. The van der Waals surface area contributed by atoms with Gasteiger partial charge in [-0.1, -0.05) is 0 Å². The summed E-state index contributed by atoms with van der Waals surface area (Å²) in [6, 6.07) is -9.94. The van der Waals surface area contributed by atoms with Gasteiger partial charge in [0.15, 0.2) is 5.96 Å². The lowest BCUT2D eigenvalue weighted by Crippen LogP contribution is -2.62. The maximum atomic E-state index is 13.6. The summed E-state index contributed by atoms with van der Waals surface area (Å²) < 4.78 is 0. The molecule has 19 N–H and O–H groups in total. The Labute approximate surface area is 312 Å². The summed E-state index contributed by atoms with van der Waals surface area (Å²) >= 11 is 0. The third-order valence-corrected chi connectivity index (χ3v) is 7.74. The van der Waals surface area contributed by atoms with Crippen molar-refractivity contribution in [1.82, 2.24) is 31.9 Å². The quantitative estimate of drug-likeness (QED) is 0.0221. The molecule has 0 rings (SSSR count). The molecule has 0 bridgehead atoms. The standard InChI is InChI=1S/C31H58N12O11/c1-14(33)24(47)39-19(9-7-13-37-31(35)36)26(49)43-23(17(4)45)29(52)41-18(8-5-6-12-32)25(48)40-20(10-11-21(34)46)27(50)42-22(16(3)44)28(51)38-15(2)30(53)54/h14-20,22-23,44-45H,5-13,32-33H2,1-4H3,(H2,34,46)(H,38,51)(H,39,47)(H,40,48)(H,41,52)(H,42,50)(H,43,49)(H,53,54)(H4,35,36,37)/t14-,15-,16+,17+,18-,19-,20-,22-,23-/m0/s1. The Morgan fingerprint density at radius 1 is 0.593 bits per heavy atom. The third-order valence-electron chi connectivity index (χ3n) is 7.74. The van der Waals surface area contributed by atoms with Gasteiger partial charge in [-0.2, -0.15) is 0 Å². The van der Waals surface area contributed by atoms with Gasteiger partial charge in [0.2, 0.25) is 41.4 Å². The molecule has 0 saturated heterocycles. The van der Waals surface area contributed by atoms with Crippen LogP contribution in [-0.2, 0) is 38.4 Å². The minimum Gasteiger partial charge on any atom is -0.480 e. The lowest BCUT2D eigenvalue weighted by Gasteiger charge is -2.28. The van der Waals surface area contributed by atoms with Gasteiger partial charge in [-0.15, -0.1) is 0 Å². The highest BCUT2D eigenvalue weighted by molar-refractivity contribution is 5.97. The summed E-state index contributed by atoms with van der Waals surface area (Å²) in [6.45, 7) is 5.21. The Kier molecular flexibility index (Phi) is 22.6. The third kappa shape index (κ3) is 19.1. The van der Waals surface area contributed by atoms with Gasteiger partial charge >= 0.3 is 5.97 Å². The van der Waals surface area contributed by atoms with Crippen molar-refractivity contribution in [1.29, 1.82) is 0 Å². The first-order valence-electron chi connectivity index (χ1n) is 17.3. The van der Waals surface area contributed by atoms with E-state index in [-0.39, 0.29) is 51.2 Å². The number of guanidine groups is 1. The number of hydrogen-bond acceptors (Lipinski definition) is 13. The van der Waals surface area contributed by atoms with Crippen LogP contribution in [0.4, 0.5) is 0 Å². The van der Waals surface area contributed by atoms with Crippen molar-refractivity contribution >= 4 is 53.3 Å². The number of aliphatic imine (C=N–C) groups is 1. The highest BCUT2D eigenvalue weighted by Crippen LogP contribution is 2.08. The molecule has 7 amide bonds. The molecule has 0 aromatic heterocycles. The number of nitrogens with one attached hydrogen (secondary N) is 6. The monoisotopic (exact) mass is 774 g/mol. The molecule has 23 nitrogen and oxygen atoms in total. The molecule has 0 aliphatic heterocycles. The number of carboxylic acids is 1. The fraction of sp³-hybridized carbons (Fsp3) is 0.710. The summed E-state index contributed by atoms with van der Waals surface area (Å²) in [5.74, 6) is -8.09. The first-order chi connectivity index (χ1) is 25.1. The molecule has 0 aromatic rings. The molecular formula is C31H58N12O11. The molecule has 9 atom stereocenters. The van der Waals surface area contributed by atoms with Gasteiger partial charge in [0.1, 0.15) is 36.3 Å². The number of nitrogens with zero attached hydrogens (tertiary/aromatic N) is 1. The second kappa shape index (κ2) is 25.0. The highest BCUT2D eigenvalue weighted by atomic mass is 16.4. The van der Waals surface area contributed by atoms with E-state index in [1.165, 1.54) is 13.8 Å². The van der Waals surface area contributed by atoms with Gasteiger partial charge < -0.3 is 75.9 Å². The van der Waals surface area contributed by atoms with Crippen LogP contribution in [0.2, 0.25) is 0 Å². The summed E-state index contributed by atoms with van der Waals surface area (Å²) in [5, 5.41) is 43.8. The Bertz CT molecular complexity index is 1320. The van der Waals surface area contributed by atoms with Crippen LogP contribution in [0.1, 0.15) is 72.6 Å². The molecule has 0 fully saturated rings. The van der Waals surface area contributed by atoms with Crippen molar-refractivity contribution in [3.8, 4) is 0 Å². The van der Waals surface area contributed by atoms with E-state index in [0.29, 0.717) is 6.42 Å². The zero-order valence-electron chi connectivity index (χ0n) is 31.0. The van der Waals surface area contributed by atoms with Crippen molar-refractivity contribution in [2.75, 3.05) is 13.1 Å². The zero-order chi connectivity index (χ0) is 41.7. The number of rotatable bonds is 26. The van der Waals surface area contributed by atoms with Crippen molar-refractivity contribution in [2.45, 2.75) is 127 Å². The van der Waals surface area contributed by atoms with Crippen LogP contribution in [0.25, 0.3) is 0 Å². The molecule has 308 valence electrons. The largest absolute Gasteiger partial charge is 0.480 e. The molecule has 0 radical (unpaired) electrons. The van der Waals surface area contributed by atoms with E-state index in [1.807, 2.05) is 0 Å². The topological polar surface area (TPSA) is 412 Å². The molecule has 0 heterocycles. The number of amides is 7. The molecule has 0 aromatic carbocycles. The maximum absolute atomic E-state index is 13.6. The number of hydrogen-bond donors (Lipinski definition) is 14. The summed E-state index contributed by atoms with van der Waals surface area (Å²) in [6.07, 6.45) is -3.02. The predicted octanol–water partition coefficient (Wildman–Crippen LogP) is -6.44. The number of unbranched alkanes of at least 4 members (excludes halogenated alkanes) is 1. The molecule has 0 saturated carbocycles. The van der Waals surface area contributed by atoms with Crippen LogP contribution in [0, 0.1) is 0 Å². The van der Waals surface area contributed by atoms with Crippen LogP contribution in [0.5, 0.6) is 0 Å². The second-order valence-electron chi connectivity index (χ2n) is 12.7. The number of carboxylic acid groups (broad SMARTS) is 1. The van der Waals surface area contributed by atoms with E-state index >= 15 is 0 Å². The zero-order valence-corrected chi connectivity index (χ0v) is 31.0. The van der Waals surface area contributed by atoms with E-state index in [0.717, 1.165) is 13.8 Å². The van der Waals surface area contributed by atoms with Gasteiger partial charge in [0.25, 0.3) is 0 Å². The number of carbonyl (C=O) groups excluding carboxylic acids is 7.